The molecule has 1 unspecified atom stereocenters. The van der Waals surface area contributed by atoms with Crippen LogP contribution in [-0.4, -0.2) is 14.5 Å². The van der Waals surface area contributed by atoms with Crippen molar-refractivity contribution in [3.8, 4) is 6.07 Å². The standard InChI is InChI=1S/C19H14N4O2S/c20-11-14-6-7-16-17(10-14)22(12-15-4-1-2-8-21-15)13-18(16)26-9-3-5-19(26)23(24)25/h1-10,13,26H,12H2. The van der Waals surface area contributed by atoms with Crippen molar-refractivity contribution in [2.75, 3.05) is 0 Å². The summed E-state index contributed by atoms with van der Waals surface area (Å²) >= 11 is 0. The molecule has 0 radical (unpaired) electrons. The van der Waals surface area contributed by atoms with E-state index in [1.807, 2.05) is 46.5 Å². The van der Waals surface area contributed by atoms with Gasteiger partial charge >= 0.3 is 0 Å². The molecule has 1 aromatic carbocycles. The van der Waals surface area contributed by atoms with E-state index in [0.29, 0.717) is 12.1 Å². The van der Waals surface area contributed by atoms with E-state index >= 15 is 0 Å². The van der Waals surface area contributed by atoms with E-state index in [0.717, 1.165) is 21.5 Å². The van der Waals surface area contributed by atoms with Crippen LogP contribution in [0, 0.1) is 21.4 Å². The van der Waals surface area contributed by atoms with E-state index in [9.17, 15) is 15.4 Å². The first-order valence-corrected chi connectivity index (χ1v) is 9.33. The lowest BCUT2D eigenvalue weighted by Crippen LogP contribution is -2.00. The average Bonchev–Trinajstić information content (AvgIpc) is 3.27. The normalized spacial score (nSPS) is 17.2. The first-order valence-electron chi connectivity index (χ1n) is 7.92. The molecule has 0 saturated heterocycles. The fourth-order valence-electron chi connectivity index (χ4n) is 3.06. The van der Waals surface area contributed by atoms with Crippen LogP contribution in [0.15, 0.2) is 76.3 Å². The Balaban J connectivity index is 1.87. The molecule has 4 rings (SSSR count). The summed E-state index contributed by atoms with van der Waals surface area (Å²) in [5, 5.41) is 23.7. The number of hydrogen-bond acceptors (Lipinski definition) is 4. The number of fused-ring (bicyclic) bond motifs is 1. The number of allylic oxidation sites excluding steroid dienone is 2. The molecule has 3 heterocycles. The first kappa shape index (κ1) is 16.1. The second-order valence-corrected chi connectivity index (χ2v) is 7.78. The van der Waals surface area contributed by atoms with Crippen LogP contribution in [0.25, 0.3) is 10.9 Å². The summed E-state index contributed by atoms with van der Waals surface area (Å²) in [5.41, 5.74) is 2.33. The van der Waals surface area contributed by atoms with Gasteiger partial charge in [0.2, 0.25) is 0 Å². The van der Waals surface area contributed by atoms with Gasteiger partial charge < -0.3 is 4.57 Å². The molecule has 1 atom stereocenters. The molecule has 0 spiro atoms. The third kappa shape index (κ3) is 2.76. The van der Waals surface area contributed by atoms with Gasteiger partial charge in [0.05, 0.1) is 34.3 Å². The second kappa shape index (κ2) is 6.50. The van der Waals surface area contributed by atoms with Crippen LogP contribution in [0.3, 0.4) is 0 Å². The minimum atomic E-state index is -1.15. The van der Waals surface area contributed by atoms with Crippen LogP contribution in [0.2, 0.25) is 0 Å². The van der Waals surface area contributed by atoms with E-state index in [4.69, 9.17) is 0 Å². The molecule has 0 aliphatic carbocycles. The van der Waals surface area contributed by atoms with Crippen molar-refractivity contribution in [3.05, 3.63) is 92.8 Å². The lowest BCUT2D eigenvalue weighted by atomic mass is 10.2. The zero-order valence-electron chi connectivity index (χ0n) is 13.6. The number of hydrogen-bond donors (Lipinski definition) is 1. The molecule has 1 aliphatic rings. The lowest BCUT2D eigenvalue weighted by Gasteiger charge is -2.10. The Morgan fingerprint density at radius 2 is 2.19 bits per heavy atom. The monoisotopic (exact) mass is 362 g/mol. The molecule has 6 nitrogen and oxygen atoms in total. The first-order chi connectivity index (χ1) is 12.7. The van der Waals surface area contributed by atoms with Crippen LogP contribution in [0.4, 0.5) is 0 Å². The number of thiol groups is 1. The van der Waals surface area contributed by atoms with E-state index in [1.54, 1.807) is 24.4 Å². The van der Waals surface area contributed by atoms with Gasteiger partial charge in [0.25, 0.3) is 5.03 Å². The largest absolute Gasteiger partial charge is 0.340 e. The fourth-order valence-corrected chi connectivity index (χ4v) is 5.01. The molecule has 1 aliphatic heterocycles. The summed E-state index contributed by atoms with van der Waals surface area (Å²) in [7, 11) is -1.15. The van der Waals surface area contributed by atoms with E-state index in [2.05, 4.69) is 11.1 Å². The highest BCUT2D eigenvalue weighted by Crippen LogP contribution is 2.51. The van der Waals surface area contributed by atoms with Crippen LogP contribution < -0.4 is 0 Å². The lowest BCUT2D eigenvalue weighted by molar-refractivity contribution is -0.410. The quantitative estimate of drug-likeness (QED) is 0.432. The van der Waals surface area contributed by atoms with Crippen molar-refractivity contribution in [3.63, 3.8) is 0 Å². The molecule has 128 valence electrons. The number of nitrogens with zero attached hydrogens (tertiary/aromatic N) is 4. The maximum atomic E-state index is 11.4. The molecular formula is C19H14N4O2S. The zero-order chi connectivity index (χ0) is 18.1. The summed E-state index contributed by atoms with van der Waals surface area (Å²) in [5.74, 6) is 0. The van der Waals surface area contributed by atoms with Crippen LogP contribution in [-0.2, 0) is 6.54 Å². The minimum Gasteiger partial charge on any atom is -0.340 e. The van der Waals surface area contributed by atoms with E-state index < -0.39 is 10.9 Å². The Morgan fingerprint density at radius 1 is 1.31 bits per heavy atom. The summed E-state index contributed by atoms with van der Waals surface area (Å²) in [6, 6.07) is 13.3. The number of aromatic nitrogens is 2. The summed E-state index contributed by atoms with van der Waals surface area (Å²) in [6.07, 6.45) is 7.01. The molecule has 0 bridgehead atoms. The smallest absolute Gasteiger partial charge is 0.291 e. The molecule has 3 aromatic rings. The van der Waals surface area contributed by atoms with Gasteiger partial charge in [-0.3, -0.25) is 15.1 Å². The van der Waals surface area contributed by atoms with Gasteiger partial charge in [-0.25, -0.2) is 0 Å². The number of nitriles is 1. The average molecular weight is 362 g/mol. The molecule has 2 aromatic heterocycles. The highest BCUT2D eigenvalue weighted by molar-refractivity contribution is 8.23. The number of nitro groups is 1. The highest BCUT2D eigenvalue weighted by atomic mass is 32.2. The van der Waals surface area contributed by atoms with Crippen LogP contribution in [0.1, 0.15) is 11.3 Å². The molecule has 0 N–H and O–H groups in total. The van der Waals surface area contributed by atoms with E-state index in [1.165, 1.54) is 0 Å². The molecule has 26 heavy (non-hydrogen) atoms. The Bertz CT molecular complexity index is 1110. The Kier molecular flexibility index (Phi) is 4.03. The van der Waals surface area contributed by atoms with Crippen molar-refractivity contribution in [2.45, 2.75) is 11.4 Å². The predicted molar refractivity (Wildman–Crippen MR) is 101 cm³/mol. The molecular weight excluding hydrogens is 348 g/mol. The third-order valence-electron chi connectivity index (χ3n) is 4.22. The summed E-state index contributed by atoms with van der Waals surface area (Å²) in [6.45, 7) is 0.538. The van der Waals surface area contributed by atoms with Gasteiger partial charge in [0, 0.05) is 28.8 Å². The molecule has 0 saturated carbocycles. The van der Waals surface area contributed by atoms with Gasteiger partial charge in [-0.15, -0.1) is 10.9 Å². The van der Waals surface area contributed by atoms with Crippen molar-refractivity contribution in [1.82, 2.24) is 9.55 Å². The van der Waals surface area contributed by atoms with Gasteiger partial charge in [-0.2, -0.15) is 5.26 Å². The fraction of sp³-hybridized carbons (Fsp3) is 0.0526. The van der Waals surface area contributed by atoms with Crippen molar-refractivity contribution < 1.29 is 4.92 Å². The highest BCUT2D eigenvalue weighted by Gasteiger charge is 2.26. The number of rotatable bonds is 4. The topological polar surface area (TPSA) is 84.7 Å². The van der Waals surface area contributed by atoms with Gasteiger partial charge in [-0.05, 0) is 35.7 Å². The Morgan fingerprint density at radius 3 is 2.92 bits per heavy atom. The van der Waals surface area contributed by atoms with Gasteiger partial charge in [0.15, 0.2) is 0 Å². The Labute approximate surface area is 152 Å². The maximum Gasteiger partial charge on any atom is 0.291 e. The minimum absolute atomic E-state index is 0.223. The maximum absolute atomic E-state index is 11.4. The van der Waals surface area contributed by atoms with Crippen molar-refractivity contribution >= 4 is 21.8 Å². The van der Waals surface area contributed by atoms with Gasteiger partial charge in [0.1, 0.15) is 0 Å². The van der Waals surface area contributed by atoms with Crippen molar-refractivity contribution in [2.24, 2.45) is 0 Å². The van der Waals surface area contributed by atoms with Gasteiger partial charge in [-0.1, -0.05) is 12.1 Å². The predicted octanol–water partition coefficient (Wildman–Crippen LogP) is 3.96. The Hall–Kier alpha value is -3.37. The SMILES string of the molecule is N#Cc1ccc2c([SH]3C=CC=C3[N+](=O)[O-])cn(Cc3ccccn3)c2c1. The summed E-state index contributed by atoms with van der Waals surface area (Å²) in [4.78, 5) is 16.3. The van der Waals surface area contributed by atoms with E-state index in [-0.39, 0.29) is 9.95 Å². The molecule has 0 amide bonds. The second-order valence-electron chi connectivity index (χ2n) is 5.80. The van der Waals surface area contributed by atoms with Crippen LogP contribution >= 0.6 is 10.9 Å². The molecule has 0 fully saturated rings. The third-order valence-corrected chi connectivity index (χ3v) is 6.37. The number of benzene rings is 1. The molecule has 7 heteroatoms. The number of pyridine rings is 1. The van der Waals surface area contributed by atoms with Crippen molar-refractivity contribution in [1.29, 1.82) is 5.26 Å². The van der Waals surface area contributed by atoms with Crippen LogP contribution in [0.5, 0.6) is 0 Å². The summed E-state index contributed by atoms with van der Waals surface area (Å²) < 4.78 is 2.01. The zero-order valence-corrected chi connectivity index (χ0v) is 14.5.